The third-order valence-corrected chi connectivity index (χ3v) is 4.72. The van der Waals surface area contributed by atoms with Gasteiger partial charge in [-0.2, -0.15) is 15.0 Å². The van der Waals surface area contributed by atoms with Crippen LogP contribution in [0.15, 0.2) is 59.1 Å². The van der Waals surface area contributed by atoms with Crippen molar-refractivity contribution in [2.75, 3.05) is 22.1 Å². The Labute approximate surface area is 169 Å². The van der Waals surface area contributed by atoms with E-state index in [4.69, 9.17) is 5.73 Å². The number of hydrogen-bond acceptors (Lipinski definition) is 7. The summed E-state index contributed by atoms with van der Waals surface area (Å²) in [5, 5.41) is 5.93. The standard InChI is InChI=1S/C18H17BrN6OS/c19-12-5-4-8-14(9-12)21-16(26)11-27-10-15-23-17(20)25-18(24-15)22-13-6-2-1-3-7-13/h1-9H,10-11H2,(H,21,26)(H3,20,22,23,24,25). The van der Waals surface area contributed by atoms with Gasteiger partial charge in [-0.3, -0.25) is 4.79 Å². The first-order chi connectivity index (χ1) is 13.1. The predicted molar refractivity (Wildman–Crippen MR) is 113 cm³/mol. The van der Waals surface area contributed by atoms with Crippen molar-refractivity contribution in [2.45, 2.75) is 5.75 Å². The molecule has 0 saturated carbocycles. The van der Waals surface area contributed by atoms with Crippen LogP contribution in [0.5, 0.6) is 0 Å². The van der Waals surface area contributed by atoms with Crippen LogP contribution in [0.25, 0.3) is 0 Å². The number of rotatable bonds is 7. The summed E-state index contributed by atoms with van der Waals surface area (Å²) in [6, 6.07) is 17.0. The number of anilines is 4. The van der Waals surface area contributed by atoms with Gasteiger partial charge in [0.15, 0.2) is 0 Å². The fraction of sp³-hybridized carbons (Fsp3) is 0.111. The average Bonchev–Trinajstić information content (AvgIpc) is 2.62. The van der Waals surface area contributed by atoms with Crippen LogP contribution >= 0.6 is 27.7 Å². The molecule has 1 heterocycles. The normalized spacial score (nSPS) is 10.4. The summed E-state index contributed by atoms with van der Waals surface area (Å²) in [5.74, 6) is 1.66. The van der Waals surface area contributed by atoms with E-state index in [0.717, 1.165) is 15.8 Å². The summed E-state index contributed by atoms with van der Waals surface area (Å²) < 4.78 is 0.909. The fourth-order valence-electron chi connectivity index (χ4n) is 2.21. The van der Waals surface area contributed by atoms with E-state index >= 15 is 0 Å². The molecule has 0 bridgehead atoms. The van der Waals surface area contributed by atoms with Gasteiger partial charge in [-0.15, -0.1) is 11.8 Å². The van der Waals surface area contributed by atoms with Gasteiger partial charge in [0.1, 0.15) is 5.82 Å². The van der Waals surface area contributed by atoms with Crippen molar-refractivity contribution >= 4 is 56.9 Å². The van der Waals surface area contributed by atoms with Crippen LogP contribution in [-0.4, -0.2) is 26.6 Å². The molecule has 27 heavy (non-hydrogen) atoms. The number of thioether (sulfide) groups is 1. The first-order valence-electron chi connectivity index (χ1n) is 8.04. The van der Waals surface area contributed by atoms with E-state index < -0.39 is 0 Å². The van der Waals surface area contributed by atoms with Crippen LogP contribution in [-0.2, 0) is 10.5 Å². The maximum atomic E-state index is 12.1. The van der Waals surface area contributed by atoms with E-state index in [1.165, 1.54) is 11.8 Å². The molecule has 0 saturated heterocycles. The Kier molecular flexibility index (Phi) is 6.61. The van der Waals surface area contributed by atoms with Gasteiger partial charge < -0.3 is 16.4 Å². The number of aromatic nitrogens is 3. The number of halogens is 1. The first-order valence-corrected chi connectivity index (χ1v) is 9.99. The van der Waals surface area contributed by atoms with Crippen molar-refractivity contribution in [1.29, 1.82) is 0 Å². The van der Waals surface area contributed by atoms with Crippen LogP contribution in [0, 0.1) is 0 Å². The lowest BCUT2D eigenvalue weighted by molar-refractivity contribution is -0.113. The van der Waals surface area contributed by atoms with Crippen molar-refractivity contribution in [3.8, 4) is 0 Å². The van der Waals surface area contributed by atoms with Gasteiger partial charge in [0.25, 0.3) is 0 Å². The third kappa shape index (κ3) is 6.22. The molecular weight excluding hydrogens is 428 g/mol. The highest BCUT2D eigenvalue weighted by Crippen LogP contribution is 2.17. The zero-order valence-corrected chi connectivity index (χ0v) is 16.6. The third-order valence-electron chi connectivity index (χ3n) is 3.30. The molecule has 1 aromatic heterocycles. The number of carbonyl (C=O) groups is 1. The van der Waals surface area contributed by atoms with Crippen LogP contribution in [0.2, 0.25) is 0 Å². The van der Waals surface area contributed by atoms with Crippen molar-refractivity contribution in [3.63, 3.8) is 0 Å². The van der Waals surface area contributed by atoms with Crippen molar-refractivity contribution < 1.29 is 4.79 Å². The van der Waals surface area contributed by atoms with Gasteiger partial charge in [-0.05, 0) is 30.3 Å². The molecule has 1 amide bonds. The number of nitrogen functional groups attached to an aromatic ring is 1. The lowest BCUT2D eigenvalue weighted by Gasteiger charge is -2.08. The predicted octanol–water partition coefficient (Wildman–Crippen LogP) is 3.83. The summed E-state index contributed by atoms with van der Waals surface area (Å²) in [4.78, 5) is 24.6. The van der Waals surface area contributed by atoms with E-state index in [9.17, 15) is 4.79 Å². The Morgan fingerprint density at radius 2 is 1.81 bits per heavy atom. The molecule has 0 radical (unpaired) electrons. The summed E-state index contributed by atoms with van der Waals surface area (Å²) >= 11 is 4.78. The SMILES string of the molecule is Nc1nc(CSCC(=O)Nc2cccc(Br)c2)nc(Nc2ccccc2)n1. The summed E-state index contributed by atoms with van der Waals surface area (Å²) in [6.45, 7) is 0. The van der Waals surface area contributed by atoms with Gasteiger partial charge in [0.05, 0.1) is 11.5 Å². The van der Waals surface area contributed by atoms with Gasteiger partial charge in [-0.1, -0.05) is 40.2 Å². The molecule has 7 nitrogen and oxygen atoms in total. The fourth-order valence-corrected chi connectivity index (χ4v) is 3.28. The van der Waals surface area contributed by atoms with E-state index in [1.54, 1.807) is 0 Å². The smallest absolute Gasteiger partial charge is 0.234 e. The quantitative estimate of drug-likeness (QED) is 0.508. The summed E-state index contributed by atoms with van der Waals surface area (Å²) in [7, 11) is 0. The van der Waals surface area contributed by atoms with Crippen LogP contribution < -0.4 is 16.4 Å². The van der Waals surface area contributed by atoms with Crippen LogP contribution in [0.1, 0.15) is 5.82 Å². The molecular formula is C18H17BrN6OS. The molecule has 3 aromatic rings. The maximum Gasteiger partial charge on any atom is 0.234 e. The van der Waals surface area contributed by atoms with Crippen LogP contribution in [0.3, 0.4) is 0 Å². The Bertz CT molecular complexity index is 925. The monoisotopic (exact) mass is 444 g/mol. The molecule has 0 aliphatic carbocycles. The molecule has 0 atom stereocenters. The maximum absolute atomic E-state index is 12.1. The van der Waals surface area contributed by atoms with E-state index in [2.05, 4.69) is 41.5 Å². The molecule has 0 aliphatic heterocycles. The Hall–Kier alpha value is -2.65. The van der Waals surface area contributed by atoms with Crippen molar-refractivity contribution in [3.05, 3.63) is 64.9 Å². The van der Waals surface area contributed by atoms with E-state index in [-0.39, 0.29) is 17.6 Å². The highest BCUT2D eigenvalue weighted by molar-refractivity contribution is 9.10. The van der Waals surface area contributed by atoms with E-state index in [0.29, 0.717) is 17.5 Å². The number of hydrogen-bond donors (Lipinski definition) is 3. The molecule has 4 N–H and O–H groups in total. The zero-order chi connectivity index (χ0) is 19.1. The molecule has 138 valence electrons. The lowest BCUT2D eigenvalue weighted by atomic mass is 10.3. The van der Waals surface area contributed by atoms with Gasteiger partial charge in [-0.25, -0.2) is 0 Å². The number of para-hydroxylation sites is 1. The second kappa shape index (κ2) is 9.33. The molecule has 3 rings (SSSR count). The number of amides is 1. The number of nitrogens with two attached hydrogens (primary N) is 1. The number of nitrogens with zero attached hydrogens (tertiary/aromatic N) is 3. The minimum absolute atomic E-state index is 0.0947. The van der Waals surface area contributed by atoms with Crippen LogP contribution in [0.4, 0.5) is 23.3 Å². The highest BCUT2D eigenvalue weighted by Gasteiger charge is 2.08. The first kappa shape index (κ1) is 19.1. The van der Waals surface area contributed by atoms with Crippen molar-refractivity contribution in [1.82, 2.24) is 15.0 Å². The molecule has 9 heteroatoms. The number of nitrogens with one attached hydrogen (secondary N) is 2. The summed E-state index contributed by atoms with van der Waals surface area (Å²) in [5.41, 5.74) is 7.37. The van der Waals surface area contributed by atoms with Gasteiger partial charge in [0, 0.05) is 15.8 Å². The van der Waals surface area contributed by atoms with Gasteiger partial charge in [0.2, 0.25) is 17.8 Å². The molecule has 2 aromatic carbocycles. The number of benzene rings is 2. The second-order valence-corrected chi connectivity index (χ2v) is 7.38. The second-order valence-electron chi connectivity index (χ2n) is 5.48. The number of carbonyl (C=O) groups excluding carboxylic acids is 1. The zero-order valence-electron chi connectivity index (χ0n) is 14.2. The minimum atomic E-state index is -0.0947. The minimum Gasteiger partial charge on any atom is -0.368 e. The summed E-state index contributed by atoms with van der Waals surface area (Å²) in [6.07, 6.45) is 0. The highest BCUT2D eigenvalue weighted by atomic mass is 79.9. The Morgan fingerprint density at radius 1 is 1.04 bits per heavy atom. The van der Waals surface area contributed by atoms with E-state index in [1.807, 2.05) is 54.6 Å². The Balaban J connectivity index is 1.54. The molecule has 0 spiro atoms. The van der Waals surface area contributed by atoms with Gasteiger partial charge >= 0.3 is 0 Å². The molecule has 0 fully saturated rings. The topological polar surface area (TPSA) is 106 Å². The molecule has 0 aliphatic rings. The average molecular weight is 445 g/mol. The molecule has 0 unspecified atom stereocenters. The Morgan fingerprint density at radius 3 is 2.59 bits per heavy atom. The van der Waals surface area contributed by atoms with Crippen molar-refractivity contribution in [2.24, 2.45) is 0 Å². The lowest BCUT2D eigenvalue weighted by Crippen LogP contribution is -2.14. The largest absolute Gasteiger partial charge is 0.368 e.